The first-order valence-corrected chi connectivity index (χ1v) is 14.6. The first kappa shape index (κ1) is 26.7. The number of aliphatic carboxylic acids is 1. The predicted octanol–water partition coefficient (Wildman–Crippen LogP) is 6.57. The molecule has 4 heterocycles. The molecule has 0 fully saturated rings. The Balaban J connectivity index is 1.44. The number of carboxylic acids is 1. The quantitative estimate of drug-likeness (QED) is 0.234. The molecule has 40 heavy (non-hydrogen) atoms. The second-order valence-electron chi connectivity index (χ2n) is 10.4. The Kier molecular flexibility index (Phi) is 7.20. The Labute approximate surface area is 241 Å². The summed E-state index contributed by atoms with van der Waals surface area (Å²) < 4.78 is 9.19. The lowest BCUT2D eigenvalue weighted by molar-refractivity contribution is -0.137. The number of carbonyl (C=O) groups is 1. The van der Waals surface area contributed by atoms with Gasteiger partial charge in [0.05, 0.1) is 28.7 Å². The summed E-state index contributed by atoms with van der Waals surface area (Å²) >= 11 is 8.56. The van der Waals surface area contributed by atoms with E-state index < -0.39 is 11.9 Å². The van der Waals surface area contributed by atoms with Crippen molar-refractivity contribution in [2.75, 3.05) is 6.54 Å². The van der Waals surface area contributed by atoms with Crippen LogP contribution in [0.25, 0.3) is 21.1 Å². The second kappa shape index (κ2) is 10.8. The van der Waals surface area contributed by atoms with Crippen LogP contribution in [0.5, 0.6) is 5.75 Å². The van der Waals surface area contributed by atoms with Gasteiger partial charge in [-0.3, -0.25) is 14.7 Å². The smallest absolute Gasteiger partial charge is 0.304 e. The lowest BCUT2D eigenvalue weighted by atomic mass is 9.86. The molecule has 0 amide bonds. The van der Waals surface area contributed by atoms with E-state index in [-0.39, 0.29) is 18.6 Å². The van der Waals surface area contributed by atoms with Gasteiger partial charge in [0, 0.05) is 37.0 Å². The van der Waals surface area contributed by atoms with Gasteiger partial charge in [0.15, 0.2) is 0 Å². The van der Waals surface area contributed by atoms with Crippen LogP contribution in [0, 0.1) is 0 Å². The molecule has 10 heteroatoms. The summed E-state index contributed by atoms with van der Waals surface area (Å²) in [5.41, 5.74) is 5.11. The molecule has 0 saturated heterocycles. The maximum atomic E-state index is 12.1. The summed E-state index contributed by atoms with van der Waals surface area (Å²) in [6.45, 7) is 5.75. The molecule has 0 bridgehead atoms. The van der Waals surface area contributed by atoms with E-state index in [0.29, 0.717) is 17.1 Å². The topological polar surface area (TPSA) is 93.4 Å². The molecular weight excluding hydrogens is 546 g/mol. The number of pyridine rings is 1. The van der Waals surface area contributed by atoms with Crippen molar-refractivity contribution in [2.24, 2.45) is 7.05 Å². The largest absolute Gasteiger partial charge is 0.487 e. The molecule has 6 rings (SSSR count). The fraction of sp³-hybridized carbons (Fsp3) is 0.333. The number of hydrogen-bond acceptors (Lipinski definition) is 7. The Bertz CT molecular complexity index is 1720. The summed E-state index contributed by atoms with van der Waals surface area (Å²) in [7, 11) is 1.81. The molecular formula is C30H30ClN5O3S. The molecule has 8 nitrogen and oxygen atoms in total. The molecule has 0 aliphatic carbocycles. The predicted molar refractivity (Wildman–Crippen MR) is 157 cm³/mol. The lowest BCUT2D eigenvalue weighted by Gasteiger charge is -2.29. The third-order valence-corrected chi connectivity index (χ3v) is 9.27. The average molecular weight is 576 g/mol. The number of carboxylic acid groups (broad SMARTS) is 1. The number of fused-ring (bicyclic) bond motifs is 3. The van der Waals surface area contributed by atoms with Crippen molar-refractivity contribution in [3.8, 4) is 5.75 Å². The van der Waals surface area contributed by atoms with Crippen molar-refractivity contribution in [2.45, 2.75) is 51.3 Å². The van der Waals surface area contributed by atoms with Gasteiger partial charge in [-0.2, -0.15) is 0 Å². The number of nitrogens with zero attached hydrogens (tertiary/aromatic N) is 5. The zero-order valence-corrected chi connectivity index (χ0v) is 24.1. The van der Waals surface area contributed by atoms with E-state index in [1.54, 1.807) is 16.0 Å². The van der Waals surface area contributed by atoms with Crippen LogP contribution in [0.2, 0.25) is 5.02 Å². The maximum Gasteiger partial charge on any atom is 0.304 e. The van der Waals surface area contributed by atoms with Crippen LogP contribution in [-0.4, -0.2) is 48.6 Å². The molecule has 1 unspecified atom stereocenters. The molecule has 2 aromatic carbocycles. The van der Waals surface area contributed by atoms with Crippen molar-refractivity contribution in [1.29, 1.82) is 0 Å². The summed E-state index contributed by atoms with van der Waals surface area (Å²) in [5, 5.41) is 21.9. The van der Waals surface area contributed by atoms with Crippen LogP contribution in [0.1, 0.15) is 61.0 Å². The second-order valence-corrected chi connectivity index (χ2v) is 11.7. The van der Waals surface area contributed by atoms with Crippen LogP contribution >= 0.6 is 22.9 Å². The highest BCUT2D eigenvalue weighted by Crippen LogP contribution is 2.40. The highest BCUT2D eigenvalue weighted by atomic mass is 35.5. The summed E-state index contributed by atoms with van der Waals surface area (Å²) in [4.78, 5) is 19.2. The van der Waals surface area contributed by atoms with E-state index in [4.69, 9.17) is 16.3 Å². The Morgan fingerprint density at radius 3 is 2.92 bits per heavy atom. The van der Waals surface area contributed by atoms with Crippen molar-refractivity contribution < 1.29 is 14.6 Å². The zero-order chi connectivity index (χ0) is 28.0. The Morgan fingerprint density at radius 2 is 2.12 bits per heavy atom. The minimum atomic E-state index is -0.890. The molecule has 1 aliphatic rings. The van der Waals surface area contributed by atoms with Crippen LogP contribution in [-0.2, 0) is 18.4 Å². The molecule has 3 atom stereocenters. The van der Waals surface area contributed by atoms with Crippen molar-refractivity contribution >= 4 is 50.0 Å². The number of aryl methyl sites for hydroxylation is 1. The Hall–Kier alpha value is -3.53. The molecule has 5 aromatic rings. The summed E-state index contributed by atoms with van der Waals surface area (Å²) in [5.74, 6) is -0.496. The van der Waals surface area contributed by atoms with Gasteiger partial charge in [-0.15, -0.1) is 16.4 Å². The monoisotopic (exact) mass is 575 g/mol. The first-order valence-electron chi connectivity index (χ1n) is 13.4. The SMILES string of the molecule is CC[C@@H]1CN(Cc2cc(C(CC(=O)O)c3ccc4c(nnn4C)c3Cl)cc3ccsc23)[C@@H](C)c2ncccc2O1. The molecule has 0 radical (unpaired) electrons. The normalized spacial score (nSPS) is 18.4. The van der Waals surface area contributed by atoms with Gasteiger partial charge >= 0.3 is 5.97 Å². The van der Waals surface area contributed by atoms with Gasteiger partial charge in [0.1, 0.15) is 17.4 Å². The van der Waals surface area contributed by atoms with E-state index >= 15 is 0 Å². The summed E-state index contributed by atoms with van der Waals surface area (Å²) in [6.07, 6.45) is 2.65. The van der Waals surface area contributed by atoms with Crippen LogP contribution in [0.3, 0.4) is 0 Å². The molecule has 3 aromatic heterocycles. The first-order chi connectivity index (χ1) is 19.3. The number of aromatic nitrogens is 4. The third kappa shape index (κ3) is 4.82. The number of benzene rings is 2. The molecule has 0 saturated carbocycles. The average Bonchev–Trinajstić information content (AvgIpc) is 3.55. The number of halogens is 1. The minimum Gasteiger partial charge on any atom is -0.487 e. The Morgan fingerprint density at radius 1 is 1.27 bits per heavy atom. The van der Waals surface area contributed by atoms with E-state index in [1.807, 2.05) is 37.5 Å². The van der Waals surface area contributed by atoms with Crippen molar-refractivity contribution in [1.82, 2.24) is 24.9 Å². The summed E-state index contributed by atoms with van der Waals surface area (Å²) in [6, 6.07) is 14.1. The van der Waals surface area contributed by atoms with Crippen LogP contribution < -0.4 is 4.74 Å². The van der Waals surface area contributed by atoms with E-state index in [1.165, 1.54) is 4.70 Å². The number of rotatable bonds is 7. The third-order valence-electron chi connectivity index (χ3n) is 7.86. The maximum absolute atomic E-state index is 12.1. The number of thiophene rings is 1. The molecule has 1 N–H and O–H groups in total. The van der Waals surface area contributed by atoms with Crippen LogP contribution in [0.4, 0.5) is 0 Å². The van der Waals surface area contributed by atoms with E-state index in [0.717, 1.165) is 52.0 Å². The van der Waals surface area contributed by atoms with Gasteiger partial charge in [-0.1, -0.05) is 35.9 Å². The van der Waals surface area contributed by atoms with Crippen molar-refractivity contribution in [3.63, 3.8) is 0 Å². The van der Waals surface area contributed by atoms with E-state index in [9.17, 15) is 9.90 Å². The molecule has 206 valence electrons. The number of hydrogen-bond donors (Lipinski definition) is 1. The van der Waals surface area contributed by atoms with Gasteiger partial charge in [0.2, 0.25) is 0 Å². The van der Waals surface area contributed by atoms with E-state index in [2.05, 4.69) is 57.6 Å². The minimum absolute atomic E-state index is 0.0483. The highest BCUT2D eigenvalue weighted by molar-refractivity contribution is 7.17. The number of ether oxygens (including phenoxy) is 1. The fourth-order valence-electron chi connectivity index (χ4n) is 5.70. The fourth-order valence-corrected chi connectivity index (χ4v) is 6.91. The van der Waals surface area contributed by atoms with Gasteiger partial charge < -0.3 is 9.84 Å². The zero-order valence-electron chi connectivity index (χ0n) is 22.5. The molecule has 1 aliphatic heterocycles. The molecule has 0 spiro atoms. The van der Waals surface area contributed by atoms with Gasteiger partial charge in [0.25, 0.3) is 0 Å². The highest BCUT2D eigenvalue weighted by Gasteiger charge is 2.30. The standard InChI is InChI=1S/C30H30ClN5O3S/c1-4-21-16-36(17(2)28-25(39-21)6-5-10-32-28)15-20-13-19(12-18-9-11-40-30(18)20)23(14-26(37)38)22-7-8-24-29(27(22)31)33-34-35(24)3/h5-13,17,21,23H,4,14-16H2,1-3H3,(H,37,38)/t17-,21+,23?/m0/s1. The van der Waals surface area contributed by atoms with Crippen molar-refractivity contribution in [3.05, 3.63) is 81.4 Å². The lowest BCUT2D eigenvalue weighted by Crippen LogP contribution is -2.34. The van der Waals surface area contributed by atoms with Gasteiger partial charge in [-0.25, -0.2) is 4.68 Å². The van der Waals surface area contributed by atoms with Gasteiger partial charge in [-0.05, 0) is 71.1 Å². The van der Waals surface area contributed by atoms with Crippen LogP contribution in [0.15, 0.2) is 54.0 Å².